The van der Waals surface area contributed by atoms with E-state index in [9.17, 15) is 9.59 Å². The van der Waals surface area contributed by atoms with Crippen LogP contribution in [0.1, 0.15) is 5.56 Å². The first kappa shape index (κ1) is 13.5. The predicted molar refractivity (Wildman–Crippen MR) is 71.0 cm³/mol. The molecule has 1 aliphatic heterocycles. The van der Waals surface area contributed by atoms with Crippen molar-refractivity contribution in [3.8, 4) is 0 Å². The van der Waals surface area contributed by atoms with E-state index in [1.54, 1.807) is 11.1 Å². The highest BCUT2D eigenvalue weighted by Gasteiger charge is 2.15. The number of hydrazine groups is 1. The van der Waals surface area contributed by atoms with Crippen LogP contribution in [0.4, 0.5) is 0 Å². The summed E-state index contributed by atoms with van der Waals surface area (Å²) in [7, 11) is 0. The van der Waals surface area contributed by atoms with Crippen LogP contribution in [0.5, 0.6) is 0 Å². The molecule has 5 nitrogen and oxygen atoms in total. The topological polar surface area (TPSA) is 58.6 Å². The van der Waals surface area contributed by atoms with Crippen LogP contribution in [0.2, 0.25) is 0 Å². The van der Waals surface area contributed by atoms with E-state index in [1.165, 1.54) is 0 Å². The lowest BCUT2D eigenvalue weighted by atomic mass is 10.1. The van der Waals surface area contributed by atoms with Crippen molar-refractivity contribution in [2.75, 3.05) is 26.3 Å². The van der Waals surface area contributed by atoms with Gasteiger partial charge in [-0.3, -0.25) is 15.0 Å². The number of nitrogens with zero attached hydrogens (tertiary/aromatic N) is 1. The molecule has 0 spiro atoms. The molecule has 0 unspecified atom stereocenters. The molecule has 1 amide bonds. The van der Waals surface area contributed by atoms with Gasteiger partial charge in [-0.25, -0.2) is 5.01 Å². The molecule has 1 aliphatic rings. The molecule has 0 aromatic heterocycles. The Morgan fingerprint density at radius 3 is 2.53 bits per heavy atom. The lowest BCUT2D eigenvalue weighted by Crippen LogP contribution is -2.48. The van der Waals surface area contributed by atoms with Gasteiger partial charge in [0.2, 0.25) is 0 Å². The van der Waals surface area contributed by atoms with Gasteiger partial charge in [0.05, 0.1) is 18.8 Å². The standard InChI is InChI=1S/C14H16N2O3/c17-11-13(10-12-4-2-1-3-5-12)14(18)15-16-6-8-19-9-7-16/h1-5,10-11H,6-9H2,(H,15,18). The number of morpholine rings is 1. The predicted octanol–water partition coefficient (Wildman–Crippen LogP) is 0.632. The van der Waals surface area contributed by atoms with Gasteiger partial charge >= 0.3 is 0 Å². The molecule has 0 aliphatic carbocycles. The molecule has 1 aromatic carbocycles. The van der Waals surface area contributed by atoms with E-state index in [0.717, 1.165) is 5.56 Å². The first-order chi connectivity index (χ1) is 9.29. The lowest BCUT2D eigenvalue weighted by Gasteiger charge is -2.26. The van der Waals surface area contributed by atoms with Crippen LogP contribution >= 0.6 is 0 Å². The van der Waals surface area contributed by atoms with Gasteiger partial charge in [0, 0.05) is 13.1 Å². The Hall–Kier alpha value is -1.98. The Kier molecular flexibility index (Phi) is 4.83. The van der Waals surface area contributed by atoms with Crippen LogP contribution in [0.25, 0.3) is 6.08 Å². The van der Waals surface area contributed by atoms with E-state index in [0.29, 0.717) is 32.6 Å². The van der Waals surface area contributed by atoms with Gasteiger partial charge in [-0.2, -0.15) is 0 Å². The second kappa shape index (κ2) is 6.82. The van der Waals surface area contributed by atoms with E-state index in [-0.39, 0.29) is 11.5 Å². The molecule has 0 bridgehead atoms. The van der Waals surface area contributed by atoms with Gasteiger partial charge in [-0.05, 0) is 11.6 Å². The first-order valence-electron chi connectivity index (χ1n) is 6.15. The van der Waals surface area contributed by atoms with Gasteiger partial charge in [0.25, 0.3) is 5.91 Å². The molecule has 2 rings (SSSR count). The second-order valence-corrected chi connectivity index (χ2v) is 4.17. The molecule has 1 N–H and O–H groups in total. The van der Waals surface area contributed by atoms with E-state index < -0.39 is 0 Å². The molecule has 0 saturated carbocycles. The van der Waals surface area contributed by atoms with E-state index >= 15 is 0 Å². The summed E-state index contributed by atoms with van der Waals surface area (Å²) in [6, 6.07) is 9.27. The maximum Gasteiger partial charge on any atom is 0.268 e. The fourth-order valence-corrected chi connectivity index (χ4v) is 1.77. The molecule has 1 fully saturated rings. The van der Waals surface area contributed by atoms with Crippen LogP contribution in [0.3, 0.4) is 0 Å². The molecule has 1 heterocycles. The third-order valence-electron chi connectivity index (χ3n) is 2.78. The average Bonchev–Trinajstić information content (AvgIpc) is 2.47. The first-order valence-corrected chi connectivity index (χ1v) is 6.15. The Labute approximate surface area is 111 Å². The normalized spacial score (nSPS) is 16.9. The minimum Gasteiger partial charge on any atom is -0.379 e. The van der Waals surface area contributed by atoms with Crippen LogP contribution in [-0.2, 0) is 14.3 Å². The van der Waals surface area contributed by atoms with Crippen molar-refractivity contribution < 1.29 is 14.3 Å². The monoisotopic (exact) mass is 260 g/mol. The molecule has 1 saturated heterocycles. The number of rotatable bonds is 4. The number of hydrogen-bond acceptors (Lipinski definition) is 4. The van der Waals surface area contributed by atoms with Crippen molar-refractivity contribution >= 4 is 18.3 Å². The number of carbonyl (C=O) groups is 2. The van der Waals surface area contributed by atoms with Gasteiger partial charge in [0.15, 0.2) is 6.29 Å². The van der Waals surface area contributed by atoms with Gasteiger partial charge in [-0.15, -0.1) is 0 Å². The van der Waals surface area contributed by atoms with Crippen molar-refractivity contribution in [2.45, 2.75) is 0 Å². The summed E-state index contributed by atoms with van der Waals surface area (Å²) < 4.78 is 5.19. The summed E-state index contributed by atoms with van der Waals surface area (Å²) in [5.41, 5.74) is 3.63. The second-order valence-electron chi connectivity index (χ2n) is 4.17. The van der Waals surface area contributed by atoms with Crippen LogP contribution in [-0.4, -0.2) is 43.5 Å². The number of amides is 1. The van der Waals surface area contributed by atoms with Crippen molar-refractivity contribution in [1.29, 1.82) is 0 Å². The summed E-state index contributed by atoms with van der Waals surface area (Å²) in [5.74, 6) is -0.388. The van der Waals surface area contributed by atoms with Crippen molar-refractivity contribution in [3.63, 3.8) is 0 Å². The smallest absolute Gasteiger partial charge is 0.268 e. The molecule has 0 atom stereocenters. The molecule has 1 aromatic rings. The highest BCUT2D eigenvalue weighted by Crippen LogP contribution is 2.05. The van der Waals surface area contributed by atoms with Crippen molar-refractivity contribution in [2.24, 2.45) is 0 Å². The van der Waals surface area contributed by atoms with Gasteiger partial charge < -0.3 is 4.74 Å². The Morgan fingerprint density at radius 2 is 1.89 bits per heavy atom. The third-order valence-corrected chi connectivity index (χ3v) is 2.78. The number of carbonyl (C=O) groups excluding carboxylic acids is 2. The van der Waals surface area contributed by atoms with Gasteiger partial charge in [0.1, 0.15) is 0 Å². The van der Waals surface area contributed by atoms with Crippen molar-refractivity contribution in [3.05, 3.63) is 41.5 Å². The zero-order valence-electron chi connectivity index (χ0n) is 10.5. The summed E-state index contributed by atoms with van der Waals surface area (Å²) >= 11 is 0. The maximum absolute atomic E-state index is 12.0. The molecular formula is C14H16N2O3. The minimum atomic E-state index is -0.388. The number of benzene rings is 1. The Bertz CT molecular complexity index is 465. The molecule has 0 radical (unpaired) electrons. The zero-order chi connectivity index (χ0) is 13.5. The highest BCUT2D eigenvalue weighted by molar-refractivity contribution is 6.14. The quantitative estimate of drug-likeness (QED) is 0.373. The number of nitrogens with one attached hydrogen (secondary N) is 1. The van der Waals surface area contributed by atoms with Crippen molar-refractivity contribution in [1.82, 2.24) is 10.4 Å². The molecule has 100 valence electrons. The average molecular weight is 260 g/mol. The van der Waals surface area contributed by atoms with E-state index in [4.69, 9.17) is 4.74 Å². The maximum atomic E-state index is 12.0. The summed E-state index contributed by atoms with van der Waals surface area (Å²) in [5, 5.41) is 1.76. The van der Waals surface area contributed by atoms with Crippen LogP contribution < -0.4 is 5.43 Å². The number of aldehydes is 1. The summed E-state index contributed by atoms with van der Waals surface area (Å²) in [4.78, 5) is 23.0. The Morgan fingerprint density at radius 1 is 1.21 bits per heavy atom. The molecule has 5 heteroatoms. The fraction of sp³-hybridized carbons (Fsp3) is 0.286. The van der Waals surface area contributed by atoms with Crippen LogP contribution in [0.15, 0.2) is 35.9 Å². The van der Waals surface area contributed by atoms with Crippen LogP contribution in [0, 0.1) is 0 Å². The summed E-state index contributed by atoms with van der Waals surface area (Å²) in [6.45, 7) is 2.42. The lowest BCUT2D eigenvalue weighted by molar-refractivity contribution is -0.125. The highest BCUT2D eigenvalue weighted by atomic mass is 16.5. The fourth-order valence-electron chi connectivity index (χ4n) is 1.77. The SMILES string of the molecule is O=CC(=Cc1ccccc1)C(=O)NN1CCOCC1. The Balaban J connectivity index is 2.02. The van der Waals surface area contributed by atoms with E-state index in [1.807, 2.05) is 30.3 Å². The number of hydrogen-bond donors (Lipinski definition) is 1. The summed E-state index contributed by atoms with van der Waals surface area (Å²) in [6.07, 6.45) is 2.14. The number of ether oxygens (including phenoxy) is 1. The zero-order valence-corrected chi connectivity index (χ0v) is 10.5. The van der Waals surface area contributed by atoms with E-state index in [2.05, 4.69) is 5.43 Å². The third kappa shape index (κ3) is 4.01. The largest absolute Gasteiger partial charge is 0.379 e. The minimum absolute atomic E-state index is 0.109. The van der Waals surface area contributed by atoms with Gasteiger partial charge in [-0.1, -0.05) is 30.3 Å². The molecule has 19 heavy (non-hydrogen) atoms. The molecular weight excluding hydrogens is 244 g/mol.